The molecule has 0 aliphatic heterocycles. The number of amides is 1. The number of hydrogen-bond donors (Lipinski definition) is 3. The summed E-state index contributed by atoms with van der Waals surface area (Å²) in [4.78, 5) is 25.2. The van der Waals surface area contributed by atoms with E-state index >= 15 is 0 Å². The highest BCUT2D eigenvalue weighted by Crippen LogP contribution is 2.36. The maximum absolute atomic E-state index is 12.5. The molecule has 0 bridgehead atoms. The first kappa shape index (κ1) is 21.0. The summed E-state index contributed by atoms with van der Waals surface area (Å²) in [5, 5.41) is 10.2. The van der Waals surface area contributed by atoms with Gasteiger partial charge in [0, 0.05) is 19.6 Å². The van der Waals surface area contributed by atoms with Crippen LogP contribution in [0, 0.1) is 0 Å². The highest BCUT2D eigenvalue weighted by atomic mass is 79.9. The van der Waals surface area contributed by atoms with Crippen LogP contribution < -0.4 is 10.3 Å². The Balaban J connectivity index is 1.86. The van der Waals surface area contributed by atoms with Crippen LogP contribution in [0.2, 0.25) is 10.0 Å². The molecular formula is C16H9BrCl2N2O5S2. The minimum atomic E-state index is -4.25. The highest BCUT2D eigenvalue weighted by Gasteiger charge is 2.23. The average molecular weight is 524 g/mol. The number of hydrogen-bond acceptors (Lipinski definition) is 5. The molecule has 0 aliphatic rings. The van der Waals surface area contributed by atoms with Gasteiger partial charge in [0.05, 0.1) is 15.5 Å². The maximum Gasteiger partial charge on any atom is 0.335 e. The lowest BCUT2D eigenvalue weighted by atomic mass is 10.2. The molecule has 1 aromatic heterocycles. The van der Waals surface area contributed by atoms with Gasteiger partial charge >= 0.3 is 5.97 Å². The molecule has 0 unspecified atom stereocenters. The van der Waals surface area contributed by atoms with Crippen molar-refractivity contribution in [1.82, 2.24) is 10.3 Å². The molecule has 2 aromatic carbocycles. The molecule has 7 nitrogen and oxygen atoms in total. The second-order valence-electron chi connectivity index (χ2n) is 5.40. The second-order valence-corrected chi connectivity index (χ2v) is 9.77. The molecule has 0 saturated carbocycles. The molecule has 1 heterocycles. The molecule has 0 saturated heterocycles. The number of carboxylic acids is 1. The Bertz CT molecular complexity index is 1230. The average Bonchev–Trinajstić information content (AvgIpc) is 2.96. The predicted octanol–water partition coefficient (Wildman–Crippen LogP) is 4.29. The van der Waals surface area contributed by atoms with Crippen LogP contribution in [0.4, 0.5) is 0 Å². The molecule has 0 fully saturated rings. The van der Waals surface area contributed by atoms with E-state index in [0.29, 0.717) is 15.1 Å². The van der Waals surface area contributed by atoms with Crippen LogP contribution in [0.25, 0.3) is 10.1 Å². The van der Waals surface area contributed by atoms with Gasteiger partial charge in [-0.2, -0.15) is 0 Å². The Morgan fingerprint density at radius 2 is 1.82 bits per heavy atom. The summed E-state index contributed by atoms with van der Waals surface area (Å²) in [5.74, 6) is -2.06. The summed E-state index contributed by atoms with van der Waals surface area (Å²) in [6.45, 7) is 0. The summed E-state index contributed by atoms with van der Waals surface area (Å²) in [6.07, 6.45) is 0. The van der Waals surface area contributed by atoms with Crippen LogP contribution in [0.15, 0.2) is 45.8 Å². The van der Waals surface area contributed by atoms with E-state index in [1.807, 2.05) is 4.83 Å². The van der Waals surface area contributed by atoms with E-state index in [1.165, 1.54) is 12.1 Å². The van der Waals surface area contributed by atoms with Crippen LogP contribution in [0.5, 0.6) is 0 Å². The summed E-state index contributed by atoms with van der Waals surface area (Å²) in [6, 6.07) is 8.44. The van der Waals surface area contributed by atoms with E-state index in [0.717, 1.165) is 17.4 Å². The summed E-state index contributed by atoms with van der Waals surface area (Å²) >= 11 is 16.3. The standard InChI is InChI=1S/C16H9BrCl2N2O5S2/c17-10-3-1-7(16(23)24)5-12(10)28(25,26)21-20-15(22)14-13(19)9-6-8(18)2-4-11(9)27-14/h1-6,21H,(H,20,22)(H,23,24). The first-order valence-electron chi connectivity index (χ1n) is 7.32. The molecule has 146 valence electrons. The van der Waals surface area contributed by atoms with E-state index in [4.69, 9.17) is 28.3 Å². The normalized spacial score (nSPS) is 11.5. The molecule has 12 heteroatoms. The number of halogens is 3. The van der Waals surface area contributed by atoms with Gasteiger partial charge in [0.1, 0.15) is 4.88 Å². The van der Waals surface area contributed by atoms with Crippen molar-refractivity contribution >= 4 is 82.5 Å². The number of hydrazine groups is 1. The number of benzene rings is 2. The quantitative estimate of drug-likeness (QED) is 0.432. The van der Waals surface area contributed by atoms with Crippen molar-refractivity contribution in [3.8, 4) is 0 Å². The van der Waals surface area contributed by atoms with Crippen molar-refractivity contribution in [3.63, 3.8) is 0 Å². The predicted molar refractivity (Wildman–Crippen MR) is 111 cm³/mol. The van der Waals surface area contributed by atoms with Crippen LogP contribution in [0.1, 0.15) is 20.0 Å². The third kappa shape index (κ3) is 4.17. The SMILES string of the molecule is O=C(O)c1ccc(Br)c(S(=O)(=O)NNC(=O)c2sc3ccc(Cl)cc3c2Cl)c1. The third-order valence-corrected chi connectivity index (χ3v) is 7.71. The van der Waals surface area contributed by atoms with E-state index in [9.17, 15) is 18.0 Å². The molecule has 0 aliphatic carbocycles. The fourth-order valence-corrected chi connectivity index (χ4v) is 5.64. The fourth-order valence-electron chi connectivity index (χ4n) is 2.25. The molecule has 3 N–H and O–H groups in total. The summed E-state index contributed by atoms with van der Waals surface area (Å²) in [5.41, 5.74) is 1.86. The summed E-state index contributed by atoms with van der Waals surface area (Å²) < 4.78 is 25.8. The Kier molecular flexibility index (Phi) is 5.99. The number of carbonyl (C=O) groups excluding carboxylic acids is 1. The Labute approximate surface area is 181 Å². The lowest BCUT2D eigenvalue weighted by Gasteiger charge is -2.10. The van der Waals surface area contributed by atoms with Gasteiger partial charge in [0.25, 0.3) is 15.9 Å². The molecule has 1 amide bonds. The topological polar surface area (TPSA) is 113 Å². The third-order valence-electron chi connectivity index (χ3n) is 3.56. The second kappa shape index (κ2) is 7.97. The number of aromatic carboxylic acids is 1. The molecule has 28 heavy (non-hydrogen) atoms. The number of thiophene rings is 1. The van der Waals surface area contributed by atoms with Crippen LogP contribution in [-0.2, 0) is 10.0 Å². The maximum atomic E-state index is 12.5. The van der Waals surface area contributed by atoms with Crippen molar-refractivity contribution in [1.29, 1.82) is 0 Å². The minimum Gasteiger partial charge on any atom is -0.478 e. The lowest BCUT2D eigenvalue weighted by molar-refractivity contribution is 0.0696. The van der Waals surface area contributed by atoms with E-state index in [2.05, 4.69) is 21.4 Å². The lowest BCUT2D eigenvalue weighted by Crippen LogP contribution is -2.41. The van der Waals surface area contributed by atoms with E-state index in [-0.39, 0.29) is 24.8 Å². The Hall–Kier alpha value is -1.69. The first-order chi connectivity index (χ1) is 13.1. The molecular weight excluding hydrogens is 515 g/mol. The molecule has 0 spiro atoms. The monoisotopic (exact) mass is 522 g/mol. The molecule has 3 aromatic rings. The van der Waals surface area contributed by atoms with Gasteiger partial charge in [-0.05, 0) is 52.3 Å². The van der Waals surface area contributed by atoms with Gasteiger partial charge in [-0.15, -0.1) is 16.2 Å². The van der Waals surface area contributed by atoms with Crippen LogP contribution in [0.3, 0.4) is 0 Å². The van der Waals surface area contributed by atoms with Gasteiger partial charge in [-0.1, -0.05) is 23.2 Å². The Morgan fingerprint density at radius 1 is 1.11 bits per heavy atom. The van der Waals surface area contributed by atoms with Crippen molar-refractivity contribution in [2.24, 2.45) is 0 Å². The first-order valence-corrected chi connectivity index (χ1v) is 11.2. The number of nitrogens with one attached hydrogen (secondary N) is 2. The minimum absolute atomic E-state index is 0.0972. The van der Waals surface area contributed by atoms with E-state index < -0.39 is 21.9 Å². The number of carboxylic acid groups (broad SMARTS) is 1. The molecule has 0 atom stereocenters. The zero-order valence-corrected chi connectivity index (χ0v) is 18.2. The zero-order chi connectivity index (χ0) is 20.6. The zero-order valence-electron chi connectivity index (χ0n) is 13.5. The van der Waals surface area contributed by atoms with Crippen LogP contribution >= 0.6 is 50.5 Å². The van der Waals surface area contributed by atoms with Crippen molar-refractivity contribution in [2.45, 2.75) is 4.90 Å². The molecule has 3 rings (SSSR count). The molecule has 0 radical (unpaired) electrons. The van der Waals surface area contributed by atoms with Gasteiger partial charge in [0.15, 0.2) is 0 Å². The number of sulfonamides is 1. The Morgan fingerprint density at radius 3 is 2.50 bits per heavy atom. The van der Waals surface area contributed by atoms with E-state index in [1.54, 1.807) is 18.2 Å². The van der Waals surface area contributed by atoms with Crippen molar-refractivity contribution < 1.29 is 23.1 Å². The van der Waals surface area contributed by atoms with Gasteiger partial charge < -0.3 is 5.11 Å². The fraction of sp³-hybridized carbons (Fsp3) is 0. The number of fused-ring (bicyclic) bond motifs is 1. The number of carbonyl (C=O) groups is 2. The van der Waals surface area contributed by atoms with Crippen molar-refractivity contribution in [3.05, 3.63) is 61.4 Å². The van der Waals surface area contributed by atoms with Crippen molar-refractivity contribution in [2.75, 3.05) is 0 Å². The van der Waals surface area contributed by atoms with Gasteiger partial charge in [0.2, 0.25) is 0 Å². The van der Waals surface area contributed by atoms with Gasteiger partial charge in [-0.3, -0.25) is 10.2 Å². The summed E-state index contributed by atoms with van der Waals surface area (Å²) in [7, 11) is -4.25. The van der Waals surface area contributed by atoms with Gasteiger partial charge in [-0.25, -0.2) is 13.2 Å². The van der Waals surface area contributed by atoms with Crippen LogP contribution in [-0.4, -0.2) is 25.4 Å². The highest BCUT2D eigenvalue weighted by molar-refractivity contribution is 9.10. The largest absolute Gasteiger partial charge is 0.478 e. The smallest absolute Gasteiger partial charge is 0.335 e. The number of rotatable bonds is 5.